The number of methoxy groups -OCH3 is 1. The van der Waals surface area contributed by atoms with Gasteiger partial charge in [0.2, 0.25) is 0 Å². The van der Waals surface area contributed by atoms with Crippen molar-refractivity contribution >= 4 is 11.9 Å². The minimum atomic E-state index is -0.747. The fourth-order valence-electron chi connectivity index (χ4n) is 1.73. The average molecular weight is 281 g/mol. The molecule has 3 N–H and O–H groups in total. The molecule has 0 aliphatic rings. The van der Waals surface area contributed by atoms with Gasteiger partial charge in [0, 0.05) is 5.56 Å². The number of hydrogen-bond acceptors (Lipinski definition) is 5. The van der Waals surface area contributed by atoms with Crippen molar-refractivity contribution in [3.8, 4) is 11.5 Å². The summed E-state index contributed by atoms with van der Waals surface area (Å²) in [6, 6.07) is 2.95. The number of phenolic OH excluding ortho intramolecular Hbond substituents is 2. The van der Waals surface area contributed by atoms with Crippen LogP contribution in [0.15, 0.2) is 18.2 Å². The first kappa shape index (κ1) is 15.8. The molecule has 0 radical (unpaired) electrons. The maximum Gasteiger partial charge on any atom is 0.328 e. The quantitative estimate of drug-likeness (QED) is 0.560. The van der Waals surface area contributed by atoms with Crippen molar-refractivity contribution in [2.45, 2.75) is 26.3 Å². The van der Waals surface area contributed by atoms with E-state index in [1.165, 1.54) is 19.2 Å². The third-order valence-electron chi connectivity index (χ3n) is 2.74. The second-order valence-electron chi connectivity index (χ2n) is 4.88. The van der Waals surface area contributed by atoms with Crippen molar-refractivity contribution in [2.75, 3.05) is 7.11 Å². The van der Waals surface area contributed by atoms with Crippen LogP contribution < -0.4 is 5.32 Å². The Hall–Kier alpha value is -2.24. The zero-order chi connectivity index (χ0) is 15.3. The standard InChI is InChI=1S/C14H19NO5/c1-8(2)6-10(14(19)20-3)15-13(18)9-4-5-11(16)12(17)7-9/h4-5,7-8,10,16-17H,6H2,1-3H3,(H,15,18)/t10-/m0/s1. The van der Waals surface area contributed by atoms with Crippen molar-refractivity contribution in [1.82, 2.24) is 5.32 Å². The Morgan fingerprint density at radius 3 is 2.40 bits per heavy atom. The predicted molar refractivity (Wildman–Crippen MR) is 72.5 cm³/mol. The summed E-state index contributed by atoms with van der Waals surface area (Å²) in [6.07, 6.45) is 0.447. The van der Waals surface area contributed by atoms with Crippen LogP contribution in [-0.4, -0.2) is 35.2 Å². The maximum absolute atomic E-state index is 12.0. The summed E-state index contributed by atoms with van der Waals surface area (Å²) in [4.78, 5) is 23.6. The van der Waals surface area contributed by atoms with Gasteiger partial charge in [-0.15, -0.1) is 0 Å². The van der Waals surface area contributed by atoms with Gasteiger partial charge in [-0.05, 0) is 30.5 Å². The van der Waals surface area contributed by atoms with Crippen molar-refractivity contribution < 1.29 is 24.5 Å². The molecule has 0 aliphatic heterocycles. The average Bonchev–Trinajstić information content (AvgIpc) is 2.39. The number of esters is 1. The summed E-state index contributed by atoms with van der Waals surface area (Å²) in [6.45, 7) is 3.85. The molecule has 1 aromatic carbocycles. The van der Waals surface area contributed by atoms with Crippen LogP contribution in [0.2, 0.25) is 0 Å². The number of phenols is 2. The molecule has 0 aliphatic carbocycles. The van der Waals surface area contributed by atoms with Gasteiger partial charge in [-0.25, -0.2) is 4.79 Å². The second kappa shape index (κ2) is 6.79. The summed E-state index contributed by atoms with van der Waals surface area (Å²) >= 11 is 0. The first-order chi connectivity index (χ1) is 9.35. The van der Waals surface area contributed by atoms with Gasteiger partial charge in [0.05, 0.1) is 7.11 Å². The number of ether oxygens (including phenoxy) is 1. The van der Waals surface area contributed by atoms with E-state index in [2.05, 4.69) is 10.1 Å². The van der Waals surface area contributed by atoms with Crippen molar-refractivity contribution in [2.24, 2.45) is 5.92 Å². The van der Waals surface area contributed by atoms with Crippen LogP contribution >= 0.6 is 0 Å². The lowest BCUT2D eigenvalue weighted by molar-refractivity contribution is -0.143. The Morgan fingerprint density at radius 2 is 1.90 bits per heavy atom. The highest BCUT2D eigenvalue weighted by Crippen LogP contribution is 2.24. The van der Waals surface area contributed by atoms with E-state index in [0.717, 1.165) is 6.07 Å². The first-order valence-corrected chi connectivity index (χ1v) is 6.25. The summed E-state index contributed by atoms with van der Waals surface area (Å²) < 4.78 is 4.65. The van der Waals surface area contributed by atoms with E-state index in [9.17, 15) is 19.8 Å². The molecule has 0 heterocycles. The van der Waals surface area contributed by atoms with Crippen LogP contribution in [0.4, 0.5) is 0 Å². The molecule has 1 aromatic rings. The van der Waals surface area contributed by atoms with E-state index in [-0.39, 0.29) is 17.2 Å². The van der Waals surface area contributed by atoms with Gasteiger partial charge >= 0.3 is 5.97 Å². The van der Waals surface area contributed by atoms with Gasteiger partial charge in [-0.1, -0.05) is 13.8 Å². The summed E-state index contributed by atoms with van der Waals surface area (Å²) in [5.41, 5.74) is 0.151. The van der Waals surface area contributed by atoms with Gasteiger partial charge in [0.25, 0.3) is 5.91 Å². The van der Waals surface area contributed by atoms with E-state index in [1.807, 2.05) is 13.8 Å². The molecule has 0 fully saturated rings. The number of carbonyl (C=O) groups is 2. The van der Waals surface area contributed by atoms with Gasteiger partial charge in [-0.3, -0.25) is 4.79 Å². The van der Waals surface area contributed by atoms with Crippen LogP contribution in [0.1, 0.15) is 30.6 Å². The molecular weight excluding hydrogens is 262 g/mol. The summed E-state index contributed by atoms with van der Waals surface area (Å²) in [7, 11) is 1.26. The Bertz CT molecular complexity index is 498. The molecule has 0 aromatic heterocycles. The zero-order valence-electron chi connectivity index (χ0n) is 11.7. The number of benzene rings is 1. The van der Waals surface area contributed by atoms with Crippen LogP contribution in [0.25, 0.3) is 0 Å². The molecule has 6 nitrogen and oxygen atoms in total. The molecule has 1 rings (SSSR count). The lowest BCUT2D eigenvalue weighted by Gasteiger charge is -2.18. The van der Waals surface area contributed by atoms with Crippen LogP contribution in [0.3, 0.4) is 0 Å². The fraction of sp³-hybridized carbons (Fsp3) is 0.429. The number of hydrogen-bond donors (Lipinski definition) is 3. The molecule has 0 unspecified atom stereocenters. The molecule has 6 heteroatoms. The molecular formula is C14H19NO5. The fourth-order valence-corrected chi connectivity index (χ4v) is 1.73. The van der Waals surface area contributed by atoms with Crippen molar-refractivity contribution in [3.05, 3.63) is 23.8 Å². The Kier molecular flexibility index (Phi) is 5.37. The van der Waals surface area contributed by atoms with Crippen molar-refractivity contribution in [1.29, 1.82) is 0 Å². The van der Waals surface area contributed by atoms with Gasteiger partial charge in [-0.2, -0.15) is 0 Å². The largest absolute Gasteiger partial charge is 0.504 e. The highest BCUT2D eigenvalue weighted by molar-refractivity contribution is 5.97. The van der Waals surface area contributed by atoms with E-state index >= 15 is 0 Å². The van der Waals surface area contributed by atoms with Gasteiger partial charge in [0.1, 0.15) is 6.04 Å². The Labute approximate surface area is 117 Å². The minimum Gasteiger partial charge on any atom is -0.504 e. The minimum absolute atomic E-state index is 0.151. The Morgan fingerprint density at radius 1 is 1.25 bits per heavy atom. The summed E-state index contributed by atoms with van der Waals surface area (Å²) in [5.74, 6) is -1.54. The highest BCUT2D eigenvalue weighted by Gasteiger charge is 2.23. The SMILES string of the molecule is COC(=O)[C@H](CC(C)C)NC(=O)c1ccc(O)c(O)c1. The second-order valence-corrected chi connectivity index (χ2v) is 4.88. The molecule has 0 saturated heterocycles. The maximum atomic E-state index is 12.0. The molecule has 1 atom stereocenters. The lowest BCUT2D eigenvalue weighted by Crippen LogP contribution is -2.42. The van der Waals surface area contributed by atoms with Gasteiger partial charge in [0.15, 0.2) is 11.5 Å². The number of aromatic hydroxyl groups is 2. The van der Waals surface area contributed by atoms with Gasteiger partial charge < -0.3 is 20.3 Å². The van der Waals surface area contributed by atoms with Crippen LogP contribution in [0.5, 0.6) is 11.5 Å². The monoisotopic (exact) mass is 281 g/mol. The predicted octanol–water partition coefficient (Wildman–Crippen LogP) is 1.42. The van der Waals surface area contributed by atoms with Crippen molar-refractivity contribution in [3.63, 3.8) is 0 Å². The topological polar surface area (TPSA) is 95.9 Å². The first-order valence-electron chi connectivity index (χ1n) is 6.25. The summed E-state index contributed by atoms with van der Waals surface area (Å²) in [5, 5.41) is 21.1. The number of carbonyl (C=O) groups excluding carboxylic acids is 2. The van der Waals surface area contributed by atoms with E-state index in [4.69, 9.17) is 0 Å². The molecule has 110 valence electrons. The highest BCUT2D eigenvalue weighted by atomic mass is 16.5. The number of amides is 1. The molecule has 0 saturated carbocycles. The molecule has 1 amide bonds. The molecule has 0 spiro atoms. The van der Waals surface area contributed by atoms with E-state index in [1.54, 1.807) is 0 Å². The third-order valence-corrected chi connectivity index (χ3v) is 2.74. The molecule has 0 bridgehead atoms. The number of nitrogens with one attached hydrogen (secondary N) is 1. The smallest absolute Gasteiger partial charge is 0.328 e. The normalized spacial score (nSPS) is 12.0. The number of rotatable bonds is 5. The van der Waals surface area contributed by atoms with Crippen LogP contribution in [-0.2, 0) is 9.53 Å². The van der Waals surface area contributed by atoms with E-state index < -0.39 is 23.7 Å². The van der Waals surface area contributed by atoms with E-state index in [0.29, 0.717) is 6.42 Å². The molecule has 20 heavy (non-hydrogen) atoms. The Balaban J connectivity index is 2.84. The lowest BCUT2D eigenvalue weighted by atomic mass is 10.0. The van der Waals surface area contributed by atoms with Crippen LogP contribution in [0, 0.1) is 5.92 Å². The zero-order valence-corrected chi connectivity index (χ0v) is 11.7. The third kappa shape index (κ3) is 4.15.